The van der Waals surface area contributed by atoms with Crippen LogP contribution in [0.1, 0.15) is 49.8 Å². The number of hydrogen-bond donors (Lipinski definition) is 1. The van der Waals surface area contributed by atoms with Gasteiger partial charge in [-0.25, -0.2) is 12.7 Å². The molecule has 5 nitrogen and oxygen atoms in total. The minimum atomic E-state index is -3.21. The summed E-state index contributed by atoms with van der Waals surface area (Å²) in [7, 11) is -3.21. The van der Waals surface area contributed by atoms with Crippen LogP contribution in [0, 0.1) is 11.3 Å². The molecule has 1 aliphatic heterocycles. The molecule has 144 valence electrons. The van der Waals surface area contributed by atoms with Crippen LogP contribution >= 0.6 is 11.3 Å². The van der Waals surface area contributed by atoms with E-state index < -0.39 is 10.0 Å². The number of hydrogen-bond acceptors (Lipinski definition) is 4. The topological polar surface area (TPSA) is 66.5 Å². The summed E-state index contributed by atoms with van der Waals surface area (Å²) in [6.45, 7) is 1.56. The number of carbonyl (C=O) groups is 1. The Labute approximate surface area is 160 Å². The smallest absolute Gasteiger partial charge is 0.225 e. The number of nitrogens with zero attached hydrogens (tertiary/aromatic N) is 1. The average Bonchev–Trinajstić information content (AvgIpc) is 3.26. The quantitative estimate of drug-likeness (QED) is 0.804. The van der Waals surface area contributed by atoms with Gasteiger partial charge in [0, 0.05) is 24.5 Å². The number of carbonyl (C=O) groups excluding carboxylic acids is 1. The molecule has 1 aromatic heterocycles. The summed E-state index contributed by atoms with van der Waals surface area (Å²) in [4.78, 5) is 14.2. The van der Waals surface area contributed by atoms with Crippen LogP contribution in [-0.4, -0.2) is 43.5 Å². The molecule has 1 spiro atoms. The van der Waals surface area contributed by atoms with Crippen molar-refractivity contribution >= 4 is 27.3 Å². The first-order chi connectivity index (χ1) is 12.5. The Balaban J connectivity index is 1.45. The fraction of sp³-hybridized carbons (Fsp3) is 0.737. The van der Waals surface area contributed by atoms with Crippen molar-refractivity contribution in [3.63, 3.8) is 0 Å². The van der Waals surface area contributed by atoms with E-state index in [-0.39, 0.29) is 22.5 Å². The number of thiophene rings is 1. The zero-order chi connectivity index (χ0) is 18.2. The fourth-order valence-corrected chi connectivity index (χ4v) is 7.36. The van der Waals surface area contributed by atoms with Crippen LogP contribution in [0.3, 0.4) is 0 Å². The van der Waals surface area contributed by atoms with Crippen molar-refractivity contribution in [1.82, 2.24) is 9.62 Å². The molecule has 0 radical (unpaired) electrons. The van der Waals surface area contributed by atoms with Gasteiger partial charge in [-0.05, 0) is 49.0 Å². The van der Waals surface area contributed by atoms with Gasteiger partial charge in [0.1, 0.15) is 0 Å². The lowest BCUT2D eigenvalue weighted by atomic mass is 9.67. The summed E-state index contributed by atoms with van der Waals surface area (Å²) in [6, 6.07) is 4.11. The molecule has 1 aromatic rings. The van der Waals surface area contributed by atoms with Crippen LogP contribution < -0.4 is 5.32 Å². The highest BCUT2D eigenvalue weighted by molar-refractivity contribution is 7.90. The van der Waals surface area contributed by atoms with Crippen LogP contribution in [0.5, 0.6) is 0 Å². The van der Waals surface area contributed by atoms with Gasteiger partial charge in [-0.3, -0.25) is 4.79 Å². The van der Waals surface area contributed by atoms with E-state index in [1.165, 1.54) is 11.3 Å². The highest BCUT2D eigenvalue weighted by atomic mass is 32.2. The lowest BCUT2D eigenvalue weighted by Gasteiger charge is -2.37. The molecule has 2 saturated carbocycles. The lowest BCUT2D eigenvalue weighted by Crippen LogP contribution is -2.43. The molecule has 1 atom stereocenters. The highest BCUT2D eigenvalue weighted by Crippen LogP contribution is 2.49. The van der Waals surface area contributed by atoms with Crippen LogP contribution in [0.25, 0.3) is 0 Å². The molecule has 7 heteroatoms. The third kappa shape index (κ3) is 3.58. The maximum absolute atomic E-state index is 13.0. The molecule has 3 fully saturated rings. The third-order valence-electron chi connectivity index (χ3n) is 6.34. The van der Waals surface area contributed by atoms with Gasteiger partial charge in [0.05, 0.1) is 11.2 Å². The van der Waals surface area contributed by atoms with Crippen molar-refractivity contribution in [2.75, 3.05) is 19.6 Å². The zero-order valence-electron chi connectivity index (χ0n) is 15.2. The number of sulfonamides is 1. The van der Waals surface area contributed by atoms with Gasteiger partial charge in [-0.15, -0.1) is 11.3 Å². The lowest BCUT2D eigenvalue weighted by molar-refractivity contribution is -0.128. The minimum Gasteiger partial charge on any atom is -0.355 e. The van der Waals surface area contributed by atoms with Crippen molar-refractivity contribution in [3.05, 3.63) is 22.4 Å². The molecule has 2 heterocycles. The number of amides is 1. The van der Waals surface area contributed by atoms with Gasteiger partial charge in [-0.2, -0.15) is 0 Å². The van der Waals surface area contributed by atoms with Gasteiger partial charge >= 0.3 is 0 Å². The molecular formula is C19H28N2O3S2. The second-order valence-electron chi connectivity index (χ2n) is 8.13. The van der Waals surface area contributed by atoms with Crippen molar-refractivity contribution in [3.8, 4) is 0 Å². The van der Waals surface area contributed by atoms with Gasteiger partial charge in [0.15, 0.2) is 0 Å². The first-order valence-corrected chi connectivity index (χ1v) is 12.2. The van der Waals surface area contributed by atoms with E-state index in [4.69, 9.17) is 0 Å². The maximum Gasteiger partial charge on any atom is 0.225 e. The van der Waals surface area contributed by atoms with E-state index in [0.717, 1.165) is 44.9 Å². The predicted molar refractivity (Wildman–Crippen MR) is 104 cm³/mol. The maximum atomic E-state index is 13.0. The Morgan fingerprint density at radius 1 is 1.27 bits per heavy atom. The molecule has 1 saturated heterocycles. The van der Waals surface area contributed by atoms with E-state index in [0.29, 0.717) is 19.6 Å². The molecule has 0 aromatic carbocycles. The Hall–Kier alpha value is -0.920. The van der Waals surface area contributed by atoms with Crippen LogP contribution in [-0.2, 0) is 21.2 Å². The Bertz CT molecular complexity index is 735. The van der Waals surface area contributed by atoms with Crippen molar-refractivity contribution in [2.45, 2.75) is 56.6 Å². The van der Waals surface area contributed by atoms with Gasteiger partial charge < -0.3 is 5.32 Å². The Morgan fingerprint density at radius 2 is 2.04 bits per heavy atom. The van der Waals surface area contributed by atoms with Crippen LogP contribution in [0.15, 0.2) is 17.5 Å². The molecule has 4 rings (SSSR count). The van der Waals surface area contributed by atoms with E-state index in [2.05, 4.69) is 11.4 Å². The minimum absolute atomic E-state index is 0.0527. The van der Waals surface area contributed by atoms with Crippen molar-refractivity contribution in [1.29, 1.82) is 0 Å². The first kappa shape index (κ1) is 18.4. The molecule has 0 bridgehead atoms. The normalized spacial score (nSPS) is 26.2. The molecule has 2 aliphatic carbocycles. The number of rotatable bonds is 6. The summed E-state index contributed by atoms with van der Waals surface area (Å²) in [6.07, 6.45) is 7.77. The van der Waals surface area contributed by atoms with Crippen LogP contribution in [0.2, 0.25) is 0 Å². The first-order valence-electron chi connectivity index (χ1n) is 9.80. The van der Waals surface area contributed by atoms with Gasteiger partial charge in [0.2, 0.25) is 15.9 Å². The fourth-order valence-electron chi connectivity index (χ4n) is 4.70. The highest BCUT2D eigenvalue weighted by Gasteiger charge is 2.54. The summed E-state index contributed by atoms with van der Waals surface area (Å²) >= 11 is 1.70. The molecular weight excluding hydrogens is 368 g/mol. The summed E-state index contributed by atoms with van der Waals surface area (Å²) in [5.41, 5.74) is -0.146. The standard InChI is InChI=1S/C19H28N2O3S2/c22-18(20-11-8-15-5-4-12-25-15)17-13-21(26(23,24)16-6-7-16)14-19(17)9-2-1-3-10-19/h4-5,12,16-17H,1-3,6-11,13-14H2,(H,20,22). The predicted octanol–water partition coefficient (Wildman–Crippen LogP) is 2.78. The Morgan fingerprint density at radius 3 is 2.69 bits per heavy atom. The van der Waals surface area contributed by atoms with E-state index in [1.807, 2.05) is 11.4 Å². The molecule has 1 unspecified atom stereocenters. The van der Waals surface area contributed by atoms with E-state index in [9.17, 15) is 13.2 Å². The number of nitrogens with one attached hydrogen (secondary N) is 1. The average molecular weight is 397 g/mol. The molecule has 3 aliphatic rings. The van der Waals surface area contributed by atoms with Crippen LogP contribution in [0.4, 0.5) is 0 Å². The Kier molecular flexibility index (Phi) is 5.14. The molecule has 1 amide bonds. The second-order valence-corrected chi connectivity index (χ2v) is 11.4. The largest absolute Gasteiger partial charge is 0.355 e. The van der Waals surface area contributed by atoms with Gasteiger partial charge in [-0.1, -0.05) is 25.3 Å². The monoisotopic (exact) mass is 396 g/mol. The molecule has 26 heavy (non-hydrogen) atoms. The summed E-state index contributed by atoms with van der Waals surface area (Å²) in [5.74, 6) is -0.142. The second kappa shape index (κ2) is 7.24. The van der Waals surface area contributed by atoms with E-state index in [1.54, 1.807) is 15.6 Å². The molecule has 1 N–H and O–H groups in total. The SMILES string of the molecule is O=C(NCCc1cccs1)C1CN(S(=O)(=O)C2CC2)CC12CCCCC2. The van der Waals surface area contributed by atoms with Gasteiger partial charge in [0.25, 0.3) is 0 Å². The zero-order valence-corrected chi connectivity index (χ0v) is 16.8. The van der Waals surface area contributed by atoms with Crippen molar-refractivity contribution < 1.29 is 13.2 Å². The van der Waals surface area contributed by atoms with E-state index >= 15 is 0 Å². The summed E-state index contributed by atoms with van der Waals surface area (Å²) in [5, 5.41) is 4.95. The third-order valence-corrected chi connectivity index (χ3v) is 9.59. The summed E-state index contributed by atoms with van der Waals surface area (Å²) < 4.78 is 27.2. The van der Waals surface area contributed by atoms with Crippen molar-refractivity contribution in [2.24, 2.45) is 11.3 Å².